The Labute approximate surface area is 160 Å². The van der Waals surface area contributed by atoms with Crippen molar-refractivity contribution in [1.29, 1.82) is 0 Å². The third kappa shape index (κ3) is 4.37. The molecule has 0 spiro atoms. The first-order valence-corrected chi connectivity index (χ1v) is 9.56. The maximum atomic E-state index is 5.81. The van der Waals surface area contributed by atoms with Gasteiger partial charge in [-0.1, -0.05) is 60.7 Å². The number of nitrogens with zero attached hydrogens (tertiary/aromatic N) is 2. The zero-order valence-corrected chi connectivity index (χ0v) is 15.4. The highest BCUT2D eigenvalue weighted by Crippen LogP contribution is 2.19. The number of aromatic nitrogens is 2. The van der Waals surface area contributed by atoms with E-state index in [1.165, 1.54) is 11.1 Å². The quantitative estimate of drug-likeness (QED) is 0.391. The second-order valence-corrected chi connectivity index (χ2v) is 6.70. The van der Waals surface area contributed by atoms with Crippen molar-refractivity contribution in [2.24, 2.45) is 0 Å². The first kappa shape index (κ1) is 17.3. The van der Waals surface area contributed by atoms with Gasteiger partial charge in [-0.3, -0.25) is 0 Å². The Hall–Kier alpha value is -3.07. The van der Waals surface area contributed by atoms with Crippen LogP contribution in [0.1, 0.15) is 24.2 Å². The Kier molecular flexibility index (Phi) is 5.49. The summed E-state index contributed by atoms with van der Waals surface area (Å²) in [4.78, 5) is 4.89. The standard InChI is InChI=1S/C24H24N2O/c1-3-11-20(12-4-1)19-24-25-22-15-7-8-16-23(22)26(24)17-9-10-18-27-21-13-5-2-6-14-21/h1-8,11-16H,9-10,17-19H2. The summed E-state index contributed by atoms with van der Waals surface area (Å²) in [5.41, 5.74) is 3.58. The molecular formula is C24H24N2O. The number of para-hydroxylation sites is 3. The van der Waals surface area contributed by atoms with E-state index in [0.717, 1.165) is 49.5 Å². The number of ether oxygens (including phenoxy) is 1. The predicted molar refractivity (Wildman–Crippen MR) is 110 cm³/mol. The number of rotatable bonds is 8. The highest BCUT2D eigenvalue weighted by molar-refractivity contribution is 5.76. The minimum Gasteiger partial charge on any atom is -0.494 e. The summed E-state index contributed by atoms with van der Waals surface area (Å²) >= 11 is 0. The maximum Gasteiger partial charge on any atom is 0.119 e. The van der Waals surface area contributed by atoms with E-state index in [1.54, 1.807) is 0 Å². The van der Waals surface area contributed by atoms with Gasteiger partial charge in [-0.15, -0.1) is 0 Å². The largest absolute Gasteiger partial charge is 0.494 e. The van der Waals surface area contributed by atoms with Crippen LogP contribution in [0.2, 0.25) is 0 Å². The van der Waals surface area contributed by atoms with Crippen molar-refractivity contribution < 1.29 is 4.74 Å². The van der Waals surface area contributed by atoms with E-state index in [2.05, 4.69) is 59.2 Å². The molecule has 0 aliphatic rings. The summed E-state index contributed by atoms with van der Waals surface area (Å²) < 4.78 is 8.18. The number of hydrogen-bond acceptors (Lipinski definition) is 2. The topological polar surface area (TPSA) is 27.1 Å². The van der Waals surface area contributed by atoms with Crippen LogP contribution >= 0.6 is 0 Å². The highest BCUT2D eigenvalue weighted by atomic mass is 16.5. The van der Waals surface area contributed by atoms with E-state index in [9.17, 15) is 0 Å². The zero-order valence-electron chi connectivity index (χ0n) is 15.4. The van der Waals surface area contributed by atoms with E-state index in [4.69, 9.17) is 9.72 Å². The summed E-state index contributed by atoms with van der Waals surface area (Å²) in [5.74, 6) is 2.07. The smallest absolute Gasteiger partial charge is 0.119 e. The molecule has 4 aromatic rings. The van der Waals surface area contributed by atoms with Gasteiger partial charge in [0, 0.05) is 13.0 Å². The molecule has 136 valence electrons. The summed E-state index contributed by atoms with van der Waals surface area (Å²) in [5, 5.41) is 0. The molecule has 0 fully saturated rings. The van der Waals surface area contributed by atoms with Crippen molar-refractivity contribution in [1.82, 2.24) is 9.55 Å². The fraction of sp³-hybridized carbons (Fsp3) is 0.208. The Bertz CT molecular complexity index is 977. The lowest BCUT2D eigenvalue weighted by Crippen LogP contribution is -2.06. The van der Waals surface area contributed by atoms with Crippen molar-refractivity contribution in [2.75, 3.05) is 6.61 Å². The van der Waals surface area contributed by atoms with E-state index in [0.29, 0.717) is 0 Å². The molecule has 0 saturated heterocycles. The summed E-state index contributed by atoms with van der Waals surface area (Å²) in [6.07, 6.45) is 2.94. The van der Waals surface area contributed by atoms with Crippen LogP contribution in [0.4, 0.5) is 0 Å². The molecule has 4 rings (SSSR count). The number of aryl methyl sites for hydroxylation is 1. The molecule has 3 nitrogen and oxygen atoms in total. The Morgan fingerprint density at radius 3 is 2.26 bits per heavy atom. The Morgan fingerprint density at radius 2 is 1.44 bits per heavy atom. The number of benzene rings is 3. The SMILES string of the molecule is c1ccc(Cc2nc3ccccc3n2CCCCOc2ccccc2)cc1. The van der Waals surface area contributed by atoms with Crippen LogP contribution in [0.3, 0.4) is 0 Å². The van der Waals surface area contributed by atoms with Crippen molar-refractivity contribution in [2.45, 2.75) is 25.8 Å². The summed E-state index contributed by atoms with van der Waals surface area (Å²) in [7, 11) is 0. The van der Waals surface area contributed by atoms with Crippen LogP contribution in [0.25, 0.3) is 11.0 Å². The van der Waals surface area contributed by atoms with Gasteiger partial charge in [-0.05, 0) is 42.7 Å². The minimum absolute atomic E-state index is 0.741. The van der Waals surface area contributed by atoms with Crippen LogP contribution in [0.15, 0.2) is 84.9 Å². The van der Waals surface area contributed by atoms with Gasteiger partial charge in [0.05, 0.1) is 17.6 Å². The first-order valence-electron chi connectivity index (χ1n) is 9.56. The lowest BCUT2D eigenvalue weighted by molar-refractivity contribution is 0.303. The third-order valence-electron chi connectivity index (χ3n) is 4.73. The average molecular weight is 356 g/mol. The van der Waals surface area contributed by atoms with Gasteiger partial charge in [0.15, 0.2) is 0 Å². The van der Waals surface area contributed by atoms with Crippen molar-refractivity contribution in [3.05, 3.63) is 96.3 Å². The highest BCUT2D eigenvalue weighted by Gasteiger charge is 2.10. The van der Waals surface area contributed by atoms with Crippen molar-refractivity contribution in [3.63, 3.8) is 0 Å². The molecule has 0 amide bonds. The van der Waals surface area contributed by atoms with E-state index >= 15 is 0 Å². The van der Waals surface area contributed by atoms with Gasteiger partial charge < -0.3 is 9.30 Å². The molecule has 0 radical (unpaired) electrons. The molecule has 0 unspecified atom stereocenters. The fourth-order valence-corrected chi connectivity index (χ4v) is 3.37. The number of unbranched alkanes of at least 4 members (excludes halogenated alkanes) is 1. The molecule has 3 heteroatoms. The monoisotopic (exact) mass is 356 g/mol. The van der Waals surface area contributed by atoms with E-state index in [1.807, 2.05) is 30.3 Å². The van der Waals surface area contributed by atoms with Crippen molar-refractivity contribution >= 4 is 11.0 Å². The molecule has 0 atom stereocenters. The molecule has 27 heavy (non-hydrogen) atoms. The molecule has 0 aliphatic carbocycles. The molecule has 0 saturated carbocycles. The second-order valence-electron chi connectivity index (χ2n) is 6.70. The lowest BCUT2D eigenvalue weighted by Gasteiger charge is -2.10. The van der Waals surface area contributed by atoms with Gasteiger partial charge in [0.25, 0.3) is 0 Å². The number of hydrogen-bond donors (Lipinski definition) is 0. The first-order chi connectivity index (χ1) is 13.4. The lowest BCUT2D eigenvalue weighted by atomic mass is 10.1. The number of fused-ring (bicyclic) bond motifs is 1. The van der Waals surface area contributed by atoms with Crippen molar-refractivity contribution in [3.8, 4) is 5.75 Å². The molecule has 0 aliphatic heterocycles. The van der Waals surface area contributed by atoms with Gasteiger partial charge >= 0.3 is 0 Å². The molecular weight excluding hydrogens is 332 g/mol. The Balaban J connectivity index is 1.42. The molecule has 0 N–H and O–H groups in total. The number of imidazole rings is 1. The van der Waals surface area contributed by atoms with Gasteiger partial charge in [0.1, 0.15) is 11.6 Å². The van der Waals surface area contributed by atoms with E-state index < -0.39 is 0 Å². The third-order valence-corrected chi connectivity index (χ3v) is 4.73. The normalized spacial score (nSPS) is 11.0. The van der Waals surface area contributed by atoms with Crippen LogP contribution < -0.4 is 4.74 Å². The Morgan fingerprint density at radius 1 is 0.741 bits per heavy atom. The minimum atomic E-state index is 0.741. The molecule has 0 bridgehead atoms. The van der Waals surface area contributed by atoms with Crippen LogP contribution in [-0.4, -0.2) is 16.2 Å². The van der Waals surface area contributed by atoms with Gasteiger partial charge in [-0.25, -0.2) is 4.98 Å². The molecule has 1 aromatic heterocycles. The molecule has 1 heterocycles. The summed E-state index contributed by atoms with van der Waals surface area (Å²) in [6.45, 7) is 1.70. The van der Waals surface area contributed by atoms with Crippen LogP contribution in [0, 0.1) is 0 Å². The van der Waals surface area contributed by atoms with Crippen LogP contribution in [-0.2, 0) is 13.0 Å². The average Bonchev–Trinajstić information content (AvgIpc) is 3.06. The molecule has 3 aromatic carbocycles. The van der Waals surface area contributed by atoms with E-state index in [-0.39, 0.29) is 0 Å². The van der Waals surface area contributed by atoms with Gasteiger partial charge in [-0.2, -0.15) is 0 Å². The second kappa shape index (κ2) is 8.54. The zero-order chi connectivity index (χ0) is 18.3. The summed E-state index contributed by atoms with van der Waals surface area (Å²) in [6, 6.07) is 29.0. The van der Waals surface area contributed by atoms with Crippen LogP contribution in [0.5, 0.6) is 5.75 Å². The fourth-order valence-electron chi connectivity index (χ4n) is 3.37. The predicted octanol–water partition coefficient (Wildman–Crippen LogP) is 5.49. The van der Waals surface area contributed by atoms with Gasteiger partial charge in [0.2, 0.25) is 0 Å². The maximum absolute atomic E-state index is 5.81.